The number of rotatable bonds is 1. The standard InChI is InChI=1S/C8H15F2N/c1-3-7-4-5-8(9,10)6-11(7)2/h7H,3-6H2,1-2H3. The number of likely N-dealkylation sites (tertiary alicyclic amines) is 1. The molecule has 0 amide bonds. The molecule has 0 saturated carbocycles. The minimum atomic E-state index is -2.44. The Hall–Kier alpha value is -0.180. The van der Waals surface area contributed by atoms with Crippen molar-refractivity contribution < 1.29 is 8.78 Å². The lowest BCUT2D eigenvalue weighted by Crippen LogP contribution is -2.46. The largest absolute Gasteiger partial charge is 0.298 e. The number of halogens is 2. The van der Waals surface area contributed by atoms with Gasteiger partial charge in [-0.2, -0.15) is 0 Å². The molecule has 1 aliphatic rings. The van der Waals surface area contributed by atoms with Crippen molar-refractivity contribution in [1.82, 2.24) is 4.90 Å². The minimum Gasteiger partial charge on any atom is -0.298 e. The van der Waals surface area contributed by atoms with Crippen LogP contribution in [0, 0.1) is 0 Å². The van der Waals surface area contributed by atoms with E-state index >= 15 is 0 Å². The van der Waals surface area contributed by atoms with Crippen molar-refractivity contribution in [3.05, 3.63) is 0 Å². The molecule has 66 valence electrons. The second-order valence-electron chi connectivity index (χ2n) is 3.37. The lowest BCUT2D eigenvalue weighted by molar-refractivity contribution is -0.0750. The third-order valence-corrected chi connectivity index (χ3v) is 2.42. The van der Waals surface area contributed by atoms with Gasteiger partial charge in [-0.05, 0) is 19.9 Å². The van der Waals surface area contributed by atoms with E-state index in [0.717, 1.165) is 6.42 Å². The molecule has 1 nitrogen and oxygen atoms in total. The summed E-state index contributed by atoms with van der Waals surface area (Å²) in [4.78, 5) is 1.77. The zero-order valence-corrected chi connectivity index (χ0v) is 7.11. The van der Waals surface area contributed by atoms with E-state index in [-0.39, 0.29) is 13.0 Å². The van der Waals surface area contributed by atoms with Crippen LogP contribution in [0.2, 0.25) is 0 Å². The van der Waals surface area contributed by atoms with Gasteiger partial charge in [0.15, 0.2) is 0 Å². The van der Waals surface area contributed by atoms with Crippen LogP contribution in [0.3, 0.4) is 0 Å². The molecule has 1 rings (SSSR count). The third kappa shape index (κ3) is 2.12. The van der Waals surface area contributed by atoms with Crippen LogP contribution in [0.4, 0.5) is 8.78 Å². The summed E-state index contributed by atoms with van der Waals surface area (Å²) >= 11 is 0. The molecule has 1 saturated heterocycles. The summed E-state index contributed by atoms with van der Waals surface area (Å²) in [6, 6.07) is 0.370. The van der Waals surface area contributed by atoms with E-state index in [4.69, 9.17) is 0 Å². The first kappa shape index (κ1) is 8.91. The Morgan fingerprint density at radius 1 is 1.55 bits per heavy atom. The molecule has 1 unspecified atom stereocenters. The van der Waals surface area contributed by atoms with Crippen LogP contribution in [0.15, 0.2) is 0 Å². The van der Waals surface area contributed by atoms with Gasteiger partial charge in [-0.3, -0.25) is 4.90 Å². The molecule has 0 spiro atoms. The van der Waals surface area contributed by atoms with Crippen LogP contribution in [0.1, 0.15) is 26.2 Å². The zero-order valence-electron chi connectivity index (χ0n) is 7.11. The second kappa shape index (κ2) is 3.05. The molecular weight excluding hydrogens is 148 g/mol. The Balaban J connectivity index is 2.48. The van der Waals surface area contributed by atoms with E-state index < -0.39 is 5.92 Å². The van der Waals surface area contributed by atoms with Crippen LogP contribution < -0.4 is 0 Å². The average molecular weight is 163 g/mol. The summed E-state index contributed by atoms with van der Waals surface area (Å²) < 4.78 is 25.4. The summed E-state index contributed by atoms with van der Waals surface area (Å²) in [5, 5.41) is 0. The summed E-state index contributed by atoms with van der Waals surface area (Å²) in [5.74, 6) is -2.44. The monoisotopic (exact) mass is 163 g/mol. The highest BCUT2D eigenvalue weighted by atomic mass is 19.3. The van der Waals surface area contributed by atoms with Gasteiger partial charge >= 0.3 is 0 Å². The van der Waals surface area contributed by atoms with Crippen molar-refractivity contribution in [3.63, 3.8) is 0 Å². The predicted octanol–water partition coefficient (Wildman–Crippen LogP) is 2.13. The van der Waals surface area contributed by atoms with Gasteiger partial charge in [0.05, 0.1) is 6.54 Å². The minimum absolute atomic E-state index is 0.0640. The number of hydrogen-bond donors (Lipinski definition) is 0. The summed E-state index contributed by atoms with van der Waals surface area (Å²) in [5.41, 5.74) is 0. The molecule has 1 aliphatic heterocycles. The number of piperidine rings is 1. The maximum atomic E-state index is 12.7. The highest BCUT2D eigenvalue weighted by molar-refractivity contribution is 4.82. The van der Waals surface area contributed by atoms with Gasteiger partial charge in [-0.1, -0.05) is 6.92 Å². The van der Waals surface area contributed by atoms with Crippen molar-refractivity contribution in [1.29, 1.82) is 0 Å². The van der Waals surface area contributed by atoms with Crippen LogP contribution in [0.5, 0.6) is 0 Å². The first-order valence-electron chi connectivity index (χ1n) is 4.13. The molecule has 0 aromatic heterocycles. The highest BCUT2D eigenvalue weighted by Crippen LogP contribution is 2.29. The lowest BCUT2D eigenvalue weighted by atomic mass is 9.98. The fourth-order valence-corrected chi connectivity index (χ4v) is 1.69. The second-order valence-corrected chi connectivity index (χ2v) is 3.37. The van der Waals surface area contributed by atoms with E-state index in [2.05, 4.69) is 0 Å². The molecule has 0 radical (unpaired) electrons. The van der Waals surface area contributed by atoms with Crippen LogP contribution in [-0.4, -0.2) is 30.5 Å². The molecule has 1 atom stereocenters. The topological polar surface area (TPSA) is 3.24 Å². The van der Waals surface area contributed by atoms with Crippen molar-refractivity contribution in [2.24, 2.45) is 0 Å². The van der Waals surface area contributed by atoms with Crippen molar-refractivity contribution in [2.45, 2.75) is 38.2 Å². The zero-order chi connectivity index (χ0) is 8.48. The van der Waals surface area contributed by atoms with Gasteiger partial charge in [-0.25, -0.2) is 8.78 Å². The highest BCUT2D eigenvalue weighted by Gasteiger charge is 2.37. The number of hydrogen-bond acceptors (Lipinski definition) is 1. The maximum absolute atomic E-state index is 12.7. The molecule has 11 heavy (non-hydrogen) atoms. The van der Waals surface area contributed by atoms with Crippen molar-refractivity contribution in [3.8, 4) is 0 Å². The predicted molar refractivity (Wildman–Crippen MR) is 40.9 cm³/mol. The Morgan fingerprint density at radius 3 is 2.64 bits per heavy atom. The maximum Gasteiger partial charge on any atom is 0.260 e. The smallest absolute Gasteiger partial charge is 0.260 e. The van der Waals surface area contributed by atoms with Crippen molar-refractivity contribution >= 4 is 0 Å². The molecule has 0 bridgehead atoms. The first-order chi connectivity index (χ1) is 5.05. The van der Waals surface area contributed by atoms with E-state index in [9.17, 15) is 8.78 Å². The van der Waals surface area contributed by atoms with Gasteiger partial charge in [0, 0.05) is 12.5 Å². The fourth-order valence-electron chi connectivity index (χ4n) is 1.69. The van der Waals surface area contributed by atoms with Gasteiger partial charge in [0.2, 0.25) is 0 Å². The van der Waals surface area contributed by atoms with Gasteiger partial charge in [0.25, 0.3) is 5.92 Å². The third-order valence-electron chi connectivity index (χ3n) is 2.42. The van der Waals surface area contributed by atoms with E-state index in [1.807, 2.05) is 6.92 Å². The first-order valence-corrected chi connectivity index (χ1v) is 4.13. The molecule has 1 fully saturated rings. The van der Waals surface area contributed by atoms with Crippen LogP contribution >= 0.6 is 0 Å². The molecule has 3 heteroatoms. The SMILES string of the molecule is CCC1CCC(F)(F)CN1C. The summed E-state index contributed by atoms with van der Waals surface area (Å²) in [6.07, 6.45) is 1.68. The summed E-state index contributed by atoms with van der Waals surface area (Å²) in [6.45, 7) is 1.98. The Kier molecular flexibility index (Phi) is 2.47. The Bertz CT molecular complexity index is 136. The summed E-state index contributed by atoms with van der Waals surface area (Å²) in [7, 11) is 1.78. The Morgan fingerprint density at radius 2 is 2.18 bits per heavy atom. The molecule has 0 N–H and O–H groups in total. The van der Waals surface area contributed by atoms with E-state index in [0.29, 0.717) is 12.5 Å². The molecule has 0 aromatic rings. The van der Waals surface area contributed by atoms with Crippen molar-refractivity contribution in [2.75, 3.05) is 13.6 Å². The van der Waals surface area contributed by atoms with E-state index in [1.54, 1.807) is 11.9 Å². The van der Waals surface area contributed by atoms with Crippen LogP contribution in [0.25, 0.3) is 0 Å². The quantitative estimate of drug-likeness (QED) is 0.572. The number of alkyl halides is 2. The van der Waals surface area contributed by atoms with E-state index in [1.165, 1.54) is 0 Å². The molecule has 1 heterocycles. The number of nitrogens with zero attached hydrogens (tertiary/aromatic N) is 1. The Labute approximate surface area is 66.4 Å². The lowest BCUT2D eigenvalue weighted by Gasteiger charge is -2.36. The fraction of sp³-hybridized carbons (Fsp3) is 1.00. The normalized spacial score (nSPS) is 32.2. The molecule has 0 aliphatic carbocycles. The van der Waals surface area contributed by atoms with Gasteiger partial charge in [0.1, 0.15) is 0 Å². The molecule has 0 aromatic carbocycles. The van der Waals surface area contributed by atoms with Gasteiger partial charge in [-0.15, -0.1) is 0 Å². The van der Waals surface area contributed by atoms with Gasteiger partial charge < -0.3 is 0 Å². The average Bonchev–Trinajstić information content (AvgIpc) is 1.86. The molecular formula is C8H15F2N. The van der Waals surface area contributed by atoms with Crippen LogP contribution in [-0.2, 0) is 0 Å².